The number of aryl methyl sites for hydroxylation is 2. The van der Waals surface area contributed by atoms with Gasteiger partial charge in [-0.2, -0.15) is 0 Å². The highest BCUT2D eigenvalue weighted by Gasteiger charge is 2.45. The smallest absolute Gasteiger partial charge is 0.332 e. The highest BCUT2D eigenvalue weighted by Crippen LogP contribution is 2.26. The maximum Gasteiger partial charge on any atom is 0.332 e. The van der Waals surface area contributed by atoms with Crippen molar-refractivity contribution >= 4 is 34.5 Å². The topological polar surface area (TPSA) is 85.8 Å². The number of barbiturate groups is 1. The zero-order chi connectivity index (χ0) is 26.0. The predicted octanol–water partition coefficient (Wildman–Crippen LogP) is 4.66. The lowest BCUT2D eigenvalue weighted by Crippen LogP contribution is -2.59. The monoisotopic (exact) mass is 490 g/mol. The third-order valence-corrected chi connectivity index (χ3v) is 6.79. The number of rotatable bonds is 8. The Morgan fingerprint density at radius 1 is 1.00 bits per heavy atom. The summed E-state index contributed by atoms with van der Waals surface area (Å²) in [6.07, 6.45) is 3.87. The standard InChI is InChI=1S/C28H31FN4O3/c1-5-6-7-18-8-13-23-22(16-18)21(17(2)31-23)14-15-30-25(19-9-11-20(29)12-10-19)24-26(34)32(3)28(36)33(4)27(24)35/h8-13,16,24,31H,5-7,14-15H2,1-4H3. The minimum absolute atomic E-state index is 0.234. The van der Waals surface area contributed by atoms with Crippen molar-refractivity contribution in [2.75, 3.05) is 20.6 Å². The number of unbranched alkanes of at least 4 members (excludes halogenated alkanes) is 1. The van der Waals surface area contributed by atoms with E-state index in [0.717, 1.165) is 51.2 Å². The Hall–Kier alpha value is -3.81. The van der Waals surface area contributed by atoms with E-state index >= 15 is 0 Å². The maximum absolute atomic E-state index is 13.6. The number of carbonyl (C=O) groups is 3. The Morgan fingerprint density at radius 3 is 2.31 bits per heavy atom. The van der Waals surface area contributed by atoms with E-state index in [1.807, 2.05) is 6.92 Å². The SMILES string of the molecule is CCCCc1ccc2[nH]c(C)c(CCN=C(c3ccc(F)cc3)C3C(=O)N(C)C(=O)N(C)C3=O)c2c1. The van der Waals surface area contributed by atoms with Crippen molar-refractivity contribution in [3.05, 3.63) is 70.7 Å². The zero-order valence-corrected chi connectivity index (χ0v) is 21.1. The number of halogens is 1. The molecule has 0 spiro atoms. The summed E-state index contributed by atoms with van der Waals surface area (Å²) in [6, 6.07) is 11.3. The molecule has 0 bridgehead atoms. The van der Waals surface area contributed by atoms with Crippen molar-refractivity contribution in [1.82, 2.24) is 14.8 Å². The molecule has 1 fully saturated rings. The summed E-state index contributed by atoms with van der Waals surface area (Å²) in [4.78, 5) is 48.3. The number of aliphatic imine (C=N–C) groups is 1. The second kappa shape index (κ2) is 10.4. The van der Waals surface area contributed by atoms with Gasteiger partial charge in [0.15, 0.2) is 5.92 Å². The lowest BCUT2D eigenvalue weighted by Gasteiger charge is -2.33. The summed E-state index contributed by atoms with van der Waals surface area (Å²) in [5.41, 5.74) is 5.23. The number of aromatic nitrogens is 1. The Labute approximate surface area is 210 Å². The highest BCUT2D eigenvalue weighted by atomic mass is 19.1. The first-order valence-electron chi connectivity index (χ1n) is 12.2. The summed E-state index contributed by atoms with van der Waals surface area (Å²) in [7, 11) is 2.68. The van der Waals surface area contributed by atoms with E-state index in [0.29, 0.717) is 18.5 Å². The molecule has 188 valence electrons. The fourth-order valence-electron chi connectivity index (χ4n) is 4.69. The van der Waals surface area contributed by atoms with E-state index in [1.165, 1.54) is 43.9 Å². The molecule has 1 aliphatic rings. The molecule has 4 amide bonds. The van der Waals surface area contributed by atoms with Gasteiger partial charge in [0.1, 0.15) is 5.82 Å². The number of nitrogens with one attached hydrogen (secondary N) is 1. The molecule has 0 radical (unpaired) electrons. The molecule has 1 aromatic heterocycles. The second-order valence-corrected chi connectivity index (χ2v) is 9.25. The van der Waals surface area contributed by atoms with Crippen LogP contribution in [0.4, 0.5) is 9.18 Å². The summed E-state index contributed by atoms with van der Waals surface area (Å²) in [6.45, 7) is 4.52. The van der Waals surface area contributed by atoms with Crippen LogP contribution in [0.25, 0.3) is 10.9 Å². The number of urea groups is 1. The number of nitrogens with zero attached hydrogens (tertiary/aromatic N) is 3. The minimum Gasteiger partial charge on any atom is -0.358 e. The molecule has 1 aliphatic heterocycles. The molecular formula is C28H31FN4O3. The largest absolute Gasteiger partial charge is 0.358 e. The van der Waals surface area contributed by atoms with Gasteiger partial charge in [0.05, 0.1) is 5.71 Å². The van der Waals surface area contributed by atoms with E-state index in [1.54, 1.807) is 0 Å². The minimum atomic E-state index is -1.27. The van der Waals surface area contributed by atoms with E-state index in [2.05, 4.69) is 30.1 Å². The van der Waals surface area contributed by atoms with Crippen LogP contribution >= 0.6 is 0 Å². The molecule has 0 atom stereocenters. The average molecular weight is 491 g/mol. The molecule has 0 aliphatic carbocycles. The van der Waals surface area contributed by atoms with Crippen molar-refractivity contribution in [2.45, 2.75) is 39.5 Å². The van der Waals surface area contributed by atoms with Gasteiger partial charge in [-0.15, -0.1) is 0 Å². The number of H-pyrrole nitrogens is 1. The summed E-state index contributed by atoms with van der Waals surface area (Å²) >= 11 is 0. The Bertz CT molecular complexity index is 1320. The normalized spacial score (nSPS) is 15.5. The quantitative estimate of drug-likeness (QED) is 0.368. The first-order valence-corrected chi connectivity index (χ1v) is 12.2. The van der Waals surface area contributed by atoms with Crippen LogP contribution in [-0.4, -0.2) is 59.0 Å². The number of carbonyl (C=O) groups excluding carboxylic acids is 3. The number of aromatic amines is 1. The second-order valence-electron chi connectivity index (χ2n) is 9.25. The molecule has 3 aromatic rings. The van der Waals surface area contributed by atoms with Gasteiger partial charge in [0.2, 0.25) is 11.8 Å². The van der Waals surface area contributed by atoms with Crippen LogP contribution in [0.2, 0.25) is 0 Å². The van der Waals surface area contributed by atoms with Crippen LogP contribution in [0.3, 0.4) is 0 Å². The van der Waals surface area contributed by atoms with Crippen molar-refractivity contribution < 1.29 is 18.8 Å². The van der Waals surface area contributed by atoms with Crippen molar-refractivity contribution in [3.63, 3.8) is 0 Å². The zero-order valence-electron chi connectivity index (χ0n) is 21.1. The molecular weight excluding hydrogens is 459 g/mol. The fraction of sp³-hybridized carbons (Fsp3) is 0.357. The molecule has 36 heavy (non-hydrogen) atoms. The van der Waals surface area contributed by atoms with Crippen molar-refractivity contribution in [2.24, 2.45) is 10.9 Å². The molecule has 7 nitrogen and oxygen atoms in total. The summed E-state index contributed by atoms with van der Waals surface area (Å²) in [5, 5.41) is 1.15. The molecule has 4 rings (SSSR count). The molecule has 1 N–H and O–H groups in total. The number of hydrogen-bond donors (Lipinski definition) is 1. The Kier molecular flexibility index (Phi) is 7.33. The molecule has 0 unspecified atom stereocenters. The van der Waals surface area contributed by atoms with Gasteiger partial charge in [-0.05, 0) is 67.1 Å². The van der Waals surface area contributed by atoms with E-state index in [4.69, 9.17) is 4.99 Å². The van der Waals surface area contributed by atoms with E-state index in [9.17, 15) is 18.8 Å². The Morgan fingerprint density at radius 2 is 1.67 bits per heavy atom. The van der Waals surface area contributed by atoms with Gasteiger partial charge < -0.3 is 4.98 Å². The third-order valence-electron chi connectivity index (χ3n) is 6.79. The predicted molar refractivity (Wildman–Crippen MR) is 138 cm³/mol. The number of benzene rings is 2. The summed E-state index contributed by atoms with van der Waals surface area (Å²) < 4.78 is 13.6. The van der Waals surface area contributed by atoms with Gasteiger partial charge in [0.25, 0.3) is 0 Å². The van der Waals surface area contributed by atoms with Crippen LogP contribution in [0, 0.1) is 18.7 Å². The lowest BCUT2D eigenvalue weighted by molar-refractivity contribution is -0.144. The van der Waals surface area contributed by atoms with E-state index < -0.39 is 29.6 Å². The van der Waals surface area contributed by atoms with Gasteiger partial charge in [-0.1, -0.05) is 31.5 Å². The highest BCUT2D eigenvalue weighted by molar-refractivity contribution is 6.30. The number of fused-ring (bicyclic) bond motifs is 1. The van der Waals surface area contributed by atoms with Crippen LogP contribution in [0.15, 0.2) is 47.5 Å². The molecule has 2 heterocycles. The number of hydrogen-bond acceptors (Lipinski definition) is 4. The number of imide groups is 2. The molecule has 0 saturated carbocycles. The first kappa shape index (κ1) is 25.3. The molecule has 2 aromatic carbocycles. The molecule has 1 saturated heterocycles. The van der Waals surface area contributed by atoms with Crippen molar-refractivity contribution in [1.29, 1.82) is 0 Å². The van der Waals surface area contributed by atoms with Crippen LogP contribution in [0.1, 0.15) is 42.1 Å². The van der Waals surface area contributed by atoms with Crippen LogP contribution in [-0.2, 0) is 22.4 Å². The van der Waals surface area contributed by atoms with Gasteiger partial charge in [0, 0.05) is 37.2 Å². The van der Waals surface area contributed by atoms with Crippen molar-refractivity contribution in [3.8, 4) is 0 Å². The first-order chi connectivity index (χ1) is 17.2. The van der Waals surface area contributed by atoms with Gasteiger partial charge in [-0.25, -0.2) is 9.18 Å². The average Bonchev–Trinajstić information content (AvgIpc) is 3.19. The van der Waals surface area contributed by atoms with E-state index in [-0.39, 0.29) is 5.71 Å². The Balaban J connectivity index is 1.68. The summed E-state index contributed by atoms with van der Waals surface area (Å²) in [5.74, 6) is -2.99. The number of amides is 4. The third kappa shape index (κ3) is 4.80. The maximum atomic E-state index is 13.6. The van der Waals surface area contributed by atoms with Crippen LogP contribution < -0.4 is 0 Å². The van der Waals surface area contributed by atoms with Crippen LogP contribution in [0.5, 0.6) is 0 Å². The van der Waals surface area contributed by atoms with Gasteiger partial charge >= 0.3 is 6.03 Å². The fourth-order valence-corrected chi connectivity index (χ4v) is 4.69. The lowest BCUT2D eigenvalue weighted by atomic mass is 9.92. The molecule has 8 heteroatoms. The van der Waals surface area contributed by atoms with Gasteiger partial charge in [-0.3, -0.25) is 24.4 Å².